The summed E-state index contributed by atoms with van der Waals surface area (Å²) in [5, 5.41) is 7.61. The number of aromatic nitrogens is 2. The molecule has 0 saturated heterocycles. The molecule has 1 aromatic rings. The van der Waals surface area contributed by atoms with E-state index >= 15 is 0 Å². The van der Waals surface area contributed by atoms with Crippen LogP contribution in [0.1, 0.15) is 32.2 Å². The van der Waals surface area contributed by atoms with Gasteiger partial charge in [-0.25, -0.2) is 8.42 Å². The molecule has 0 bridgehead atoms. The minimum Gasteiger partial charge on any atom is -0.310 e. The molecule has 0 radical (unpaired) electrons. The van der Waals surface area contributed by atoms with Gasteiger partial charge in [0.05, 0.1) is 17.1 Å². The standard InChI is InChI=1S/C12H23N3O2S/c1-4-11-9-12(15(5-2)14-11)10-13-7-8-18(16,17)6-3/h9,13H,4-8,10H2,1-3H3. The van der Waals surface area contributed by atoms with Crippen LogP contribution in [-0.2, 0) is 29.3 Å². The van der Waals surface area contributed by atoms with Crippen molar-refractivity contribution in [3.05, 3.63) is 17.5 Å². The smallest absolute Gasteiger partial charge is 0.151 e. The summed E-state index contributed by atoms with van der Waals surface area (Å²) in [4.78, 5) is 0. The number of nitrogens with one attached hydrogen (secondary N) is 1. The zero-order valence-corrected chi connectivity index (χ0v) is 12.3. The van der Waals surface area contributed by atoms with E-state index in [-0.39, 0.29) is 11.5 Å². The lowest BCUT2D eigenvalue weighted by atomic mass is 10.3. The maximum absolute atomic E-state index is 11.3. The van der Waals surface area contributed by atoms with Crippen molar-refractivity contribution in [1.82, 2.24) is 15.1 Å². The Kier molecular flexibility index (Phi) is 5.81. The summed E-state index contributed by atoms with van der Waals surface area (Å²) < 4.78 is 24.6. The van der Waals surface area contributed by atoms with Crippen molar-refractivity contribution in [2.45, 2.75) is 40.3 Å². The van der Waals surface area contributed by atoms with Crippen molar-refractivity contribution >= 4 is 9.84 Å². The SMILES string of the molecule is CCc1cc(CNCCS(=O)(=O)CC)n(CC)n1. The Hall–Kier alpha value is -0.880. The van der Waals surface area contributed by atoms with Crippen LogP contribution in [-0.4, -0.2) is 36.2 Å². The average molecular weight is 273 g/mol. The van der Waals surface area contributed by atoms with E-state index < -0.39 is 9.84 Å². The monoisotopic (exact) mass is 273 g/mol. The normalized spacial score (nSPS) is 11.9. The third-order valence-corrected chi connectivity index (χ3v) is 4.62. The van der Waals surface area contributed by atoms with Gasteiger partial charge in [-0.2, -0.15) is 5.10 Å². The van der Waals surface area contributed by atoms with Gasteiger partial charge in [-0.05, 0) is 19.4 Å². The quantitative estimate of drug-likeness (QED) is 0.717. The molecule has 0 fully saturated rings. The van der Waals surface area contributed by atoms with Crippen LogP contribution in [0.25, 0.3) is 0 Å². The second-order valence-electron chi connectivity index (χ2n) is 4.21. The van der Waals surface area contributed by atoms with Gasteiger partial charge in [0.1, 0.15) is 0 Å². The van der Waals surface area contributed by atoms with Gasteiger partial charge in [-0.15, -0.1) is 0 Å². The van der Waals surface area contributed by atoms with Gasteiger partial charge >= 0.3 is 0 Å². The van der Waals surface area contributed by atoms with Gasteiger partial charge in [0.15, 0.2) is 9.84 Å². The minimum absolute atomic E-state index is 0.199. The largest absolute Gasteiger partial charge is 0.310 e. The van der Waals surface area contributed by atoms with E-state index in [0.29, 0.717) is 13.1 Å². The highest BCUT2D eigenvalue weighted by Gasteiger charge is 2.08. The number of aryl methyl sites for hydroxylation is 2. The molecule has 0 unspecified atom stereocenters. The zero-order valence-electron chi connectivity index (χ0n) is 11.4. The van der Waals surface area contributed by atoms with Crippen LogP contribution < -0.4 is 5.32 Å². The van der Waals surface area contributed by atoms with E-state index in [1.54, 1.807) is 6.92 Å². The predicted molar refractivity (Wildman–Crippen MR) is 73.3 cm³/mol. The fraction of sp³-hybridized carbons (Fsp3) is 0.750. The number of hydrogen-bond donors (Lipinski definition) is 1. The highest BCUT2D eigenvalue weighted by molar-refractivity contribution is 7.91. The summed E-state index contributed by atoms with van der Waals surface area (Å²) in [6.07, 6.45) is 0.921. The molecule has 1 N–H and O–H groups in total. The Balaban J connectivity index is 2.46. The van der Waals surface area contributed by atoms with Gasteiger partial charge in [-0.1, -0.05) is 13.8 Å². The second-order valence-corrected chi connectivity index (χ2v) is 6.68. The van der Waals surface area contributed by atoms with Crippen molar-refractivity contribution in [1.29, 1.82) is 0 Å². The molecule has 0 aliphatic rings. The maximum Gasteiger partial charge on any atom is 0.151 e. The predicted octanol–water partition coefficient (Wildman–Crippen LogP) is 0.990. The summed E-state index contributed by atoms with van der Waals surface area (Å²) in [7, 11) is -2.87. The molecular weight excluding hydrogens is 250 g/mol. The average Bonchev–Trinajstić information content (AvgIpc) is 2.77. The number of rotatable bonds is 8. The van der Waals surface area contributed by atoms with E-state index in [0.717, 1.165) is 24.4 Å². The first-order valence-corrected chi connectivity index (χ1v) is 8.31. The Bertz CT molecular complexity index is 466. The van der Waals surface area contributed by atoms with Crippen LogP contribution in [0.5, 0.6) is 0 Å². The molecule has 6 heteroatoms. The summed E-state index contributed by atoms with van der Waals surface area (Å²) >= 11 is 0. The molecular formula is C12H23N3O2S. The molecule has 5 nitrogen and oxygen atoms in total. The lowest BCUT2D eigenvalue weighted by molar-refractivity contribution is 0.575. The second kappa shape index (κ2) is 6.89. The third-order valence-electron chi connectivity index (χ3n) is 2.91. The van der Waals surface area contributed by atoms with Gasteiger partial charge < -0.3 is 5.32 Å². The van der Waals surface area contributed by atoms with Gasteiger partial charge in [0, 0.05) is 25.4 Å². The molecule has 0 amide bonds. The van der Waals surface area contributed by atoms with Crippen LogP contribution >= 0.6 is 0 Å². The highest BCUT2D eigenvalue weighted by atomic mass is 32.2. The van der Waals surface area contributed by atoms with Crippen molar-refractivity contribution in [2.24, 2.45) is 0 Å². The van der Waals surface area contributed by atoms with Crippen molar-refractivity contribution in [3.63, 3.8) is 0 Å². The molecule has 0 atom stereocenters. The van der Waals surface area contributed by atoms with Crippen LogP contribution in [0, 0.1) is 0 Å². The lowest BCUT2D eigenvalue weighted by Crippen LogP contribution is -2.24. The maximum atomic E-state index is 11.3. The zero-order chi connectivity index (χ0) is 13.6. The van der Waals surface area contributed by atoms with E-state index in [9.17, 15) is 8.42 Å². The van der Waals surface area contributed by atoms with Crippen LogP contribution in [0.3, 0.4) is 0 Å². The molecule has 18 heavy (non-hydrogen) atoms. The first-order chi connectivity index (χ1) is 8.52. The Morgan fingerprint density at radius 2 is 2.06 bits per heavy atom. The van der Waals surface area contributed by atoms with E-state index in [2.05, 4.69) is 30.3 Å². The first-order valence-electron chi connectivity index (χ1n) is 6.49. The molecule has 1 aromatic heterocycles. The summed E-state index contributed by atoms with van der Waals surface area (Å²) in [5.74, 6) is 0.409. The van der Waals surface area contributed by atoms with E-state index in [1.165, 1.54) is 0 Å². The molecule has 0 spiro atoms. The first kappa shape index (κ1) is 15.2. The molecule has 0 aliphatic heterocycles. The number of nitrogens with zero attached hydrogens (tertiary/aromatic N) is 2. The van der Waals surface area contributed by atoms with E-state index in [1.807, 2.05) is 4.68 Å². The fourth-order valence-corrected chi connectivity index (χ4v) is 2.44. The summed E-state index contributed by atoms with van der Waals surface area (Å²) in [5.41, 5.74) is 2.19. The Morgan fingerprint density at radius 1 is 1.33 bits per heavy atom. The van der Waals surface area contributed by atoms with Crippen LogP contribution in [0.4, 0.5) is 0 Å². The van der Waals surface area contributed by atoms with Gasteiger partial charge in [0.25, 0.3) is 0 Å². The lowest BCUT2D eigenvalue weighted by Gasteiger charge is -2.06. The molecule has 104 valence electrons. The summed E-state index contributed by atoms with van der Waals surface area (Å²) in [6.45, 7) is 7.80. The number of sulfone groups is 1. The number of hydrogen-bond acceptors (Lipinski definition) is 4. The molecule has 0 aliphatic carbocycles. The molecule has 0 saturated carbocycles. The molecule has 1 heterocycles. The van der Waals surface area contributed by atoms with Crippen LogP contribution in [0.15, 0.2) is 6.07 Å². The molecule has 1 rings (SSSR count). The topological polar surface area (TPSA) is 64.0 Å². The van der Waals surface area contributed by atoms with Gasteiger partial charge in [-0.3, -0.25) is 4.68 Å². The highest BCUT2D eigenvalue weighted by Crippen LogP contribution is 2.05. The Labute approximate surface area is 109 Å². The van der Waals surface area contributed by atoms with E-state index in [4.69, 9.17) is 0 Å². The van der Waals surface area contributed by atoms with Crippen molar-refractivity contribution in [3.8, 4) is 0 Å². The Morgan fingerprint density at radius 3 is 2.61 bits per heavy atom. The minimum atomic E-state index is -2.87. The molecule has 0 aromatic carbocycles. The van der Waals surface area contributed by atoms with Gasteiger partial charge in [0.2, 0.25) is 0 Å². The van der Waals surface area contributed by atoms with Crippen molar-refractivity contribution < 1.29 is 8.42 Å². The van der Waals surface area contributed by atoms with Crippen LogP contribution in [0.2, 0.25) is 0 Å². The fourth-order valence-electron chi connectivity index (χ4n) is 1.69. The summed E-state index contributed by atoms with van der Waals surface area (Å²) in [6, 6.07) is 2.07. The third kappa shape index (κ3) is 4.42. The van der Waals surface area contributed by atoms with Crippen molar-refractivity contribution in [2.75, 3.05) is 18.1 Å².